The van der Waals surface area contributed by atoms with Crippen molar-refractivity contribution < 1.29 is 76.3 Å². The van der Waals surface area contributed by atoms with E-state index in [0.29, 0.717) is 0 Å². The van der Waals surface area contributed by atoms with E-state index < -0.39 is 144 Å². The Hall–Kier alpha value is -1.59. The molecule has 0 aliphatic carbocycles. The van der Waals surface area contributed by atoms with Crippen molar-refractivity contribution in [3.8, 4) is 0 Å². The predicted molar refractivity (Wildman–Crippen MR) is 158 cm³/mol. The van der Waals surface area contributed by atoms with E-state index >= 15 is 0 Å². The average Bonchev–Trinajstić information content (AvgIpc) is 3.05. The van der Waals surface area contributed by atoms with Crippen LogP contribution in [-0.4, -0.2) is 190 Å². The number of aliphatic hydroxyl groups is 6. The molecule has 4 saturated heterocycles. The molecule has 0 aromatic carbocycles. The van der Waals surface area contributed by atoms with Gasteiger partial charge in [0.1, 0.15) is 0 Å². The summed E-state index contributed by atoms with van der Waals surface area (Å²) in [7, 11) is 0. The van der Waals surface area contributed by atoms with Crippen molar-refractivity contribution in [3.05, 3.63) is 0 Å². The van der Waals surface area contributed by atoms with Crippen LogP contribution in [0.5, 0.6) is 0 Å². The van der Waals surface area contributed by atoms with Gasteiger partial charge >= 0.3 is 284 Å². The van der Waals surface area contributed by atoms with E-state index in [0.717, 1.165) is 0 Å². The van der Waals surface area contributed by atoms with Crippen molar-refractivity contribution in [2.75, 3.05) is 46.2 Å². The molecule has 0 aromatic heterocycles. The summed E-state index contributed by atoms with van der Waals surface area (Å²) in [5.41, 5.74) is 0. The molecule has 19 nitrogen and oxygen atoms in total. The van der Waals surface area contributed by atoms with Crippen molar-refractivity contribution in [3.63, 3.8) is 0 Å². The van der Waals surface area contributed by atoms with Crippen molar-refractivity contribution in [1.29, 1.82) is 0 Å². The molecule has 3 amide bonds. The molecule has 20 heteroatoms. The normalized spacial score (nSPS) is 42.1. The van der Waals surface area contributed by atoms with Crippen LogP contribution in [0.2, 0.25) is 0 Å². The van der Waals surface area contributed by atoms with Crippen LogP contribution in [0.3, 0.4) is 0 Å². The number of fused-ring (bicyclic) bond motifs is 3. The van der Waals surface area contributed by atoms with E-state index in [1.165, 1.54) is 20.8 Å². The first-order chi connectivity index (χ1) is 22.9. The third-order valence-electron chi connectivity index (χ3n) is 8.86. The first-order valence-electron chi connectivity index (χ1n) is 15.7. The summed E-state index contributed by atoms with van der Waals surface area (Å²) < 4.78 is 42.0. The number of rotatable bonds is 10. The quantitative estimate of drug-likeness (QED) is 0.0938. The number of hydrogen-bond donors (Lipinski definition) is 9. The molecule has 4 heterocycles. The summed E-state index contributed by atoms with van der Waals surface area (Å²) in [5.74, 6) is -2.75. The van der Waals surface area contributed by atoms with E-state index in [1.807, 2.05) is 0 Å². The minimum absolute atomic E-state index is 0.0470. The van der Waals surface area contributed by atoms with Crippen LogP contribution in [-0.2, 0) is 45.7 Å². The Morgan fingerprint density at radius 2 is 1.29 bits per heavy atom. The Bertz CT molecular complexity index is 1080. The molecular formula is C28H47N3O16Se. The molecule has 2 bridgehead atoms. The molecule has 0 radical (unpaired) electrons. The second-order valence-corrected chi connectivity index (χ2v) is 13.4. The second-order valence-electron chi connectivity index (χ2n) is 12.3. The fourth-order valence-corrected chi connectivity index (χ4v) is 8.15. The Kier molecular flexibility index (Phi) is 14.8. The Morgan fingerprint density at radius 1 is 0.688 bits per heavy atom. The van der Waals surface area contributed by atoms with Gasteiger partial charge in [-0.2, -0.15) is 0 Å². The van der Waals surface area contributed by atoms with Crippen molar-refractivity contribution in [2.45, 2.75) is 100 Å². The first-order valence-corrected chi connectivity index (χ1v) is 17.1. The van der Waals surface area contributed by atoms with Crippen LogP contribution in [0.1, 0.15) is 20.8 Å². The van der Waals surface area contributed by atoms with E-state index in [-0.39, 0.29) is 26.4 Å². The number of nitrogens with one attached hydrogen (secondary N) is 3. The van der Waals surface area contributed by atoms with E-state index in [2.05, 4.69) is 16.0 Å². The zero-order valence-electron chi connectivity index (χ0n) is 26.8. The molecule has 0 aromatic rings. The van der Waals surface area contributed by atoms with Gasteiger partial charge in [0, 0.05) is 0 Å². The van der Waals surface area contributed by atoms with Gasteiger partial charge in [-0.15, -0.1) is 0 Å². The topological polar surface area (TPSA) is 273 Å². The van der Waals surface area contributed by atoms with Crippen LogP contribution in [0.15, 0.2) is 0 Å². The third kappa shape index (κ3) is 9.39. The maximum absolute atomic E-state index is 12.4. The van der Waals surface area contributed by atoms with Gasteiger partial charge in [0.2, 0.25) is 0 Å². The molecule has 9 N–H and O–H groups in total. The van der Waals surface area contributed by atoms with Gasteiger partial charge in [0.15, 0.2) is 0 Å². The Balaban J connectivity index is 1.56. The van der Waals surface area contributed by atoms with Gasteiger partial charge in [0.25, 0.3) is 0 Å². The summed E-state index contributed by atoms with van der Waals surface area (Å²) in [4.78, 5) is 36.2. The summed E-state index contributed by atoms with van der Waals surface area (Å²) >= 11 is -1.14. The standard InChI is InChI=1S/C28H47N3O16Se/c1-11(35)29-21-19(44-18(6-34)24(38)25(21)39)9-41-7-14-16(4-32)43-20-10-42-8-15-17(5-33)45-28(40)23(31-13(3)37)27(15)47-48-46-26(14)22(20)30-12(2)36/h14-28,32-34,38-40H,4-10H2,1-3H3,(H,29,35)(H,30,36)(H,31,37)/t14-,15-,16?,17?,18?,19-,20-,21?,22?,23?,24+,25+,26-,27-,28+/m0/s1. The Morgan fingerprint density at radius 3 is 1.92 bits per heavy atom. The molecule has 15 atom stereocenters. The summed E-state index contributed by atoms with van der Waals surface area (Å²) in [6.45, 7) is 1.76. The number of amides is 3. The van der Waals surface area contributed by atoms with Crippen molar-refractivity contribution in [1.82, 2.24) is 16.0 Å². The summed E-state index contributed by atoms with van der Waals surface area (Å²) in [5, 5.41) is 69.6. The van der Waals surface area contributed by atoms with Gasteiger partial charge in [-0.05, 0) is 0 Å². The van der Waals surface area contributed by atoms with Gasteiger partial charge < -0.3 is 0 Å². The van der Waals surface area contributed by atoms with Crippen LogP contribution >= 0.6 is 0 Å². The number of carbonyl (C=O) groups is 3. The van der Waals surface area contributed by atoms with Crippen molar-refractivity contribution in [2.24, 2.45) is 11.8 Å². The number of aliphatic hydroxyl groups excluding tert-OH is 6. The fraction of sp³-hybridized carbons (Fsp3) is 0.893. The SMILES string of the molecule is CC(=O)NC1[C@H](COC[C@H]2C(CO)O[C@H]3COC[C@H]4C(CO)O[C@@H](O)C(NC(C)=O)[C@H]4O[Se]O[C@@H]2C3NC(C)=O)OC(CO)[C@@H](O)[C@@H]1O. The van der Waals surface area contributed by atoms with E-state index in [4.69, 9.17) is 31.3 Å². The molecule has 4 aliphatic rings. The molecule has 4 rings (SSSR count). The molecular weight excluding hydrogens is 713 g/mol. The van der Waals surface area contributed by atoms with Gasteiger partial charge in [0.05, 0.1) is 0 Å². The number of carbonyl (C=O) groups excluding carboxylic acids is 3. The van der Waals surface area contributed by atoms with E-state index in [9.17, 15) is 45.0 Å². The molecule has 48 heavy (non-hydrogen) atoms. The first kappa shape index (κ1) is 39.2. The molecule has 0 saturated carbocycles. The minimum atomic E-state index is -1.50. The Labute approximate surface area is 283 Å². The summed E-state index contributed by atoms with van der Waals surface area (Å²) in [6, 6.07) is -2.92. The van der Waals surface area contributed by atoms with Crippen LogP contribution in [0.4, 0.5) is 0 Å². The molecule has 6 unspecified atom stereocenters. The maximum atomic E-state index is 12.4. The van der Waals surface area contributed by atoms with E-state index in [1.54, 1.807) is 0 Å². The number of ether oxygens (including phenoxy) is 5. The van der Waals surface area contributed by atoms with Crippen molar-refractivity contribution >= 4 is 33.3 Å². The third-order valence-corrected chi connectivity index (χ3v) is 10.1. The molecule has 4 fully saturated rings. The van der Waals surface area contributed by atoms with Gasteiger partial charge in [-0.25, -0.2) is 0 Å². The van der Waals surface area contributed by atoms with Crippen LogP contribution in [0.25, 0.3) is 0 Å². The molecule has 276 valence electrons. The van der Waals surface area contributed by atoms with Crippen LogP contribution in [0, 0.1) is 11.8 Å². The fourth-order valence-electron chi connectivity index (χ4n) is 6.57. The second kappa shape index (κ2) is 18.1. The zero-order chi connectivity index (χ0) is 35.1. The van der Waals surface area contributed by atoms with Gasteiger partial charge in [-0.3, -0.25) is 0 Å². The average molecular weight is 761 g/mol. The predicted octanol–water partition coefficient (Wildman–Crippen LogP) is -5.96. The number of hydrogen-bond acceptors (Lipinski definition) is 16. The molecule has 4 aliphatic heterocycles. The molecule has 0 spiro atoms. The summed E-state index contributed by atoms with van der Waals surface area (Å²) in [6.07, 6.45) is -11.0. The zero-order valence-corrected chi connectivity index (χ0v) is 28.5. The van der Waals surface area contributed by atoms with Gasteiger partial charge in [-0.1, -0.05) is 0 Å². The van der Waals surface area contributed by atoms with Crippen LogP contribution < -0.4 is 16.0 Å². The monoisotopic (exact) mass is 761 g/mol.